The molecule has 6 nitrogen and oxygen atoms in total. The van der Waals surface area contributed by atoms with E-state index in [9.17, 15) is 14.9 Å². The maximum Gasteiger partial charge on any atom is 0.276 e. The van der Waals surface area contributed by atoms with E-state index in [1.165, 1.54) is 20.3 Å². The lowest BCUT2D eigenvalue weighted by Gasteiger charge is -2.26. The number of allylic oxidation sites excluding steroid dienone is 4. The number of hydrogen-bond acceptors (Lipinski definition) is 5. The summed E-state index contributed by atoms with van der Waals surface area (Å²) in [5.41, 5.74) is 1.32. The molecule has 3 rings (SSSR count). The number of benzene rings is 1. The van der Waals surface area contributed by atoms with Crippen LogP contribution in [0.3, 0.4) is 0 Å². The number of carbonyl (C=O) groups excluding carboxylic acids is 1. The second-order valence-electron chi connectivity index (χ2n) is 6.13. The van der Waals surface area contributed by atoms with Gasteiger partial charge < -0.3 is 9.47 Å². The number of rotatable bonds is 4. The smallest absolute Gasteiger partial charge is 0.276 e. The number of Topliss-reactive ketones (excluding diaryl/α,β-unsaturated/α-hetero) is 1. The van der Waals surface area contributed by atoms with E-state index in [0.717, 1.165) is 0 Å². The van der Waals surface area contributed by atoms with Crippen LogP contribution in [0.15, 0.2) is 41.1 Å². The highest BCUT2D eigenvalue weighted by molar-refractivity contribution is 6.34. The Balaban J connectivity index is 2.04. The van der Waals surface area contributed by atoms with E-state index < -0.39 is 4.92 Å². The van der Waals surface area contributed by atoms with Gasteiger partial charge >= 0.3 is 0 Å². The zero-order chi connectivity index (χ0) is 18.8. The number of ether oxygens (including phenoxy) is 2. The first kappa shape index (κ1) is 18.2. The molecule has 1 unspecified atom stereocenters. The average Bonchev–Trinajstić information content (AvgIpc) is 2.64. The van der Waals surface area contributed by atoms with Gasteiger partial charge in [0.1, 0.15) is 0 Å². The third-order valence-corrected chi connectivity index (χ3v) is 5.11. The predicted octanol–water partition coefficient (Wildman–Crippen LogP) is 4.21. The number of nitrogens with zero attached hydrogens (tertiary/aromatic N) is 1. The van der Waals surface area contributed by atoms with Crippen LogP contribution in [0.2, 0.25) is 5.02 Å². The van der Waals surface area contributed by atoms with Gasteiger partial charge in [0.15, 0.2) is 17.3 Å². The normalized spacial score (nSPS) is 21.0. The number of hydrogen-bond donors (Lipinski definition) is 0. The topological polar surface area (TPSA) is 78.7 Å². The first-order chi connectivity index (χ1) is 12.5. The molecule has 0 heterocycles. The maximum atomic E-state index is 12.9. The summed E-state index contributed by atoms with van der Waals surface area (Å²) < 4.78 is 10.5. The van der Waals surface area contributed by atoms with Crippen molar-refractivity contribution in [3.63, 3.8) is 0 Å². The van der Waals surface area contributed by atoms with Gasteiger partial charge in [0.2, 0.25) is 0 Å². The quantitative estimate of drug-likeness (QED) is 0.447. The van der Waals surface area contributed by atoms with Crippen molar-refractivity contribution in [3.8, 4) is 11.5 Å². The van der Waals surface area contributed by atoms with Crippen LogP contribution in [0.5, 0.6) is 11.5 Å². The predicted molar refractivity (Wildman–Crippen MR) is 98.0 cm³/mol. The van der Waals surface area contributed by atoms with E-state index >= 15 is 0 Å². The highest BCUT2D eigenvalue weighted by Crippen LogP contribution is 2.41. The molecule has 1 aromatic carbocycles. The largest absolute Gasteiger partial charge is 0.493 e. The molecular formula is C19H18ClNO5. The Morgan fingerprint density at radius 3 is 2.73 bits per heavy atom. The van der Waals surface area contributed by atoms with Crippen LogP contribution in [-0.4, -0.2) is 24.9 Å². The standard InChI is InChI=1S/C19H18ClNO5/c1-25-15-9-8-12(17(20)19(15)26-2)10-13-7-6-11-4-3-5-14(21(23)24)16(11)18(13)22/h3,5,8-11H,4,6-7H2,1-2H3. The summed E-state index contributed by atoms with van der Waals surface area (Å²) in [6, 6.07) is 3.44. The van der Waals surface area contributed by atoms with Gasteiger partial charge in [-0.3, -0.25) is 14.9 Å². The summed E-state index contributed by atoms with van der Waals surface area (Å²) in [4.78, 5) is 23.7. The van der Waals surface area contributed by atoms with Crippen molar-refractivity contribution in [2.24, 2.45) is 5.92 Å². The Hall–Kier alpha value is -2.60. The molecule has 0 aliphatic heterocycles. The molecule has 2 aliphatic carbocycles. The molecule has 1 aromatic rings. The molecule has 0 saturated heterocycles. The summed E-state index contributed by atoms with van der Waals surface area (Å²) in [6.45, 7) is 0. The number of fused-ring (bicyclic) bond motifs is 1. The Labute approximate surface area is 155 Å². The Bertz CT molecular complexity index is 869. The number of methoxy groups -OCH3 is 2. The molecule has 2 aliphatic rings. The van der Waals surface area contributed by atoms with Gasteiger partial charge in [-0.1, -0.05) is 17.7 Å². The second-order valence-corrected chi connectivity index (χ2v) is 6.51. The zero-order valence-corrected chi connectivity index (χ0v) is 15.2. The molecule has 0 amide bonds. The minimum Gasteiger partial charge on any atom is -0.493 e. The van der Waals surface area contributed by atoms with Crippen molar-refractivity contribution in [1.29, 1.82) is 0 Å². The van der Waals surface area contributed by atoms with E-state index in [4.69, 9.17) is 21.1 Å². The highest BCUT2D eigenvalue weighted by Gasteiger charge is 2.37. The Kier molecular flexibility index (Phi) is 5.13. The van der Waals surface area contributed by atoms with Crippen molar-refractivity contribution >= 4 is 23.5 Å². The minimum absolute atomic E-state index is 0.0917. The van der Waals surface area contributed by atoms with Crippen LogP contribution in [0.4, 0.5) is 0 Å². The minimum atomic E-state index is -0.484. The zero-order valence-electron chi connectivity index (χ0n) is 14.5. The summed E-state index contributed by atoms with van der Waals surface area (Å²) in [6.07, 6.45) is 6.78. The van der Waals surface area contributed by atoms with Gasteiger partial charge in [-0.2, -0.15) is 0 Å². The third kappa shape index (κ3) is 3.12. The lowest BCUT2D eigenvalue weighted by molar-refractivity contribution is -0.420. The molecule has 136 valence electrons. The van der Waals surface area contributed by atoms with Crippen molar-refractivity contribution in [2.75, 3.05) is 14.2 Å². The van der Waals surface area contributed by atoms with E-state index in [-0.39, 0.29) is 17.4 Å². The summed E-state index contributed by atoms with van der Waals surface area (Å²) in [5.74, 6) is 0.509. The van der Waals surface area contributed by atoms with Crippen LogP contribution in [0.25, 0.3) is 6.08 Å². The van der Waals surface area contributed by atoms with Gasteiger partial charge in [-0.25, -0.2) is 0 Å². The molecule has 0 bridgehead atoms. The highest BCUT2D eigenvalue weighted by atomic mass is 35.5. The van der Waals surface area contributed by atoms with Crippen LogP contribution in [0.1, 0.15) is 24.8 Å². The fourth-order valence-corrected chi connectivity index (χ4v) is 3.73. The van der Waals surface area contributed by atoms with Crippen LogP contribution >= 0.6 is 11.6 Å². The van der Waals surface area contributed by atoms with E-state index in [1.807, 2.05) is 0 Å². The number of carbonyl (C=O) groups is 1. The Morgan fingerprint density at radius 2 is 2.08 bits per heavy atom. The van der Waals surface area contributed by atoms with Gasteiger partial charge in [-0.05, 0) is 49.0 Å². The van der Waals surface area contributed by atoms with Crippen LogP contribution in [-0.2, 0) is 4.79 Å². The van der Waals surface area contributed by atoms with Crippen LogP contribution < -0.4 is 9.47 Å². The third-order valence-electron chi connectivity index (χ3n) is 4.72. The number of halogens is 1. The molecule has 0 N–H and O–H groups in total. The van der Waals surface area contributed by atoms with Crippen molar-refractivity contribution < 1.29 is 19.2 Å². The maximum absolute atomic E-state index is 12.9. The number of nitro groups is 1. The van der Waals surface area contributed by atoms with Gasteiger partial charge in [0.25, 0.3) is 5.70 Å². The van der Waals surface area contributed by atoms with Crippen molar-refractivity contribution in [2.45, 2.75) is 19.3 Å². The summed E-state index contributed by atoms with van der Waals surface area (Å²) in [5, 5.41) is 11.6. The van der Waals surface area contributed by atoms with E-state index in [2.05, 4.69) is 0 Å². The summed E-state index contributed by atoms with van der Waals surface area (Å²) in [7, 11) is 3.00. The van der Waals surface area contributed by atoms with Gasteiger partial charge in [0, 0.05) is 11.6 Å². The van der Waals surface area contributed by atoms with Crippen molar-refractivity contribution in [3.05, 3.63) is 61.8 Å². The molecule has 1 fully saturated rings. The average molecular weight is 376 g/mol. The fraction of sp³-hybridized carbons (Fsp3) is 0.316. The SMILES string of the molecule is COc1ccc(C=C2CCC3CC=CC([N+](=O)[O-])=C3C2=O)c(Cl)c1OC. The molecular weight excluding hydrogens is 358 g/mol. The molecule has 0 spiro atoms. The van der Waals surface area contributed by atoms with E-state index in [1.54, 1.807) is 24.3 Å². The van der Waals surface area contributed by atoms with Crippen molar-refractivity contribution in [1.82, 2.24) is 0 Å². The van der Waals surface area contributed by atoms with Gasteiger partial charge in [-0.15, -0.1) is 0 Å². The Morgan fingerprint density at radius 1 is 1.31 bits per heavy atom. The van der Waals surface area contributed by atoms with Crippen LogP contribution in [0, 0.1) is 16.0 Å². The number of ketones is 1. The van der Waals surface area contributed by atoms with Gasteiger partial charge in [0.05, 0.1) is 29.7 Å². The fourth-order valence-electron chi connectivity index (χ4n) is 3.44. The molecule has 1 atom stereocenters. The molecule has 0 aromatic heterocycles. The van der Waals surface area contributed by atoms with E-state index in [0.29, 0.717) is 52.5 Å². The molecule has 26 heavy (non-hydrogen) atoms. The first-order valence-electron chi connectivity index (χ1n) is 8.18. The lowest BCUT2D eigenvalue weighted by atomic mass is 9.75. The summed E-state index contributed by atoms with van der Waals surface area (Å²) >= 11 is 6.38. The monoisotopic (exact) mass is 375 g/mol. The lowest BCUT2D eigenvalue weighted by Crippen LogP contribution is -2.26. The molecule has 7 heteroatoms. The first-order valence-corrected chi connectivity index (χ1v) is 8.56. The molecule has 1 saturated carbocycles. The molecule has 0 radical (unpaired) electrons. The second kappa shape index (κ2) is 7.33.